The van der Waals surface area contributed by atoms with Crippen LogP contribution in [0.15, 0.2) is 4.52 Å². The lowest BCUT2D eigenvalue weighted by molar-refractivity contribution is -0.0548. The summed E-state index contributed by atoms with van der Waals surface area (Å²) in [6, 6.07) is 0.596. The lowest BCUT2D eigenvalue weighted by Crippen LogP contribution is -2.42. The third-order valence-corrected chi connectivity index (χ3v) is 4.35. The first kappa shape index (κ1) is 12.7. The fourth-order valence-electron chi connectivity index (χ4n) is 3.22. The molecule has 4 heterocycles. The summed E-state index contributed by atoms with van der Waals surface area (Å²) in [6.45, 7) is 4.95. The van der Waals surface area contributed by atoms with Crippen LogP contribution in [-0.2, 0) is 9.47 Å². The second-order valence-corrected chi connectivity index (χ2v) is 5.69. The predicted molar refractivity (Wildman–Crippen MR) is 69.1 cm³/mol. The third kappa shape index (κ3) is 2.35. The van der Waals surface area contributed by atoms with E-state index >= 15 is 0 Å². The van der Waals surface area contributed by atoms with Gasteiger partial charge >= 0.3 is 0 Å². The van der Waals surface area contributed by atoms with Crippen molar-refractivity contribution in [2.45, 2.75) is 31.0 Å². The Morgan fingerprint density at radius 1 is 1.30 bits per heavy atom. The monoisotopic (exact) mass is 280 g/mol. The Kier molecular flexibility index (Phi) is 3.43. The van der Waals surface area contributed by atoms with Gasteiger partial charge in [0.05, 0.1) is 19.8 Å². The first-order valence-corrected chi connectivity index (χ1v) is 7.40. The molecule has 0 amide bonds. The highest BCUT2D eigenvalue weighted by atomic mass is 16.5. The normalized spacial score (nSPS) is 35.1. The van der Waals surface area contributed by atoms with Crippen LogP contribution >= 0.6 is 0 Å². The van der Waals surface area contributed by atoms with Crippen molar-refractivity contribution in [3.8, 4) is 0 Å². The summed E-state index contributed by atoms with van der Waals surface area (Å²) in [6.07, 6.45) is 2.45. The van der Waals surface area contributed by atoms with Crippen LogP contribution in [0, 0.1) is 0 Å². The maximum Gasteiger partial charge on any atom is 0.246 e. The van der Waals surface area contributed by atoms with Crippen LogP contribution in [0.2, 0.25) is 0 Å². The third-order valence-electron chi connectivity index (χ3n) is 4.35. The quantitative estimate of drug-likeness (QED) is 0.833. The molecule has 1 aromatic heterocycles. The van der Waals surface area contributed by atoms with Crippen molar-refractivity contribution in [3.63, 3.8) is 0 Å². The Bertz CT molecular complexity index is 460. The zero-order chi connectivity index (χ0) is 13.4. The van der Waals surface area contributed by atoms with E-state index in [1.807, 2.05) is 0 Å². The largest absolute Gasteiger partial charge is 0.378 e. The molecule has 3 atom stereocenters. The van der Waals surface area contributed by atoms with Gasteiger partial charge in [0, 0.05) is 19.1 Å². The minimum atomic E-state index is -0.0636. The van der Waals surface area contributed by atoms with Gasteiger partial charge in [0.25, 0.3) is 0 Å². The van der Waals surface area contributed by atoms with E-state index in [1.165, 1.54) is 12.8 Å². The molecule has 3 unspecified atom stereocenters. The van der Waals surface area contributed by atoms with Crippen LogP contribution in [0.4, 0.5) is 0 Å². The molecule has 7 heteroatoms. The van der Waals surface area contributed by atoms with Crippen molar-refractivity contribution >= 4 is 0 Å². The summed E-state index contributed by atoms with van der Waals surface area (Å²) in [4.78, 5) is 6.98. The Morgan fingerprint density at radius 2 is 2.30 bits per heavy atom. The second-order valence-electron chi connectivity index (χ2n) is 5.69. The SMILES string of the molecule is C1CC2COC(c3noc(C4COCCN4)n3)CN2C1. The van der Waals surface area contributed by atoms with Gasteiger partial charge in [-0.05, 0) is 19.4 Å². The number of rotatable bonds is 2. The molecule has 0 bridgehead atoms. The number of fused-ring (bicyclic) bond motifs is 1. The van der Waals surface area contributed by atoms with Crippen LogP contribution in [0.3, 0.4) is 0 Å². The molecule has 1 aromatic rings. The smallest absolute Gasteiger partial charge is 0.246 e. The number of nitrogens with zero attached hydrogens (tertiary/aromatic N) is 3. The molecule has 20 heavy (non-hydrogen) atoms. The van der Waals surface area contributed by atoms with Gasteiger partial charge in [0.15, 0.2) is 0 Å². The highest BCUT2D eigenvalue weighted by molar-refractivity contribution is 5.00. The van der Waals surface area contributed by atoms with Gasteiger partial charge < -0.3 is 19.3 Å². The van der Waals surface area contributed by atoms with Crippen molar-refractivity contribution in [1.82, 2.24) is 20.4 Å². The van der Waals surface area contributed by atoms with Gasteiger partial charge in [-0.2, -0.15) is 4.98 Å². The summed E-state index contributed by atoms with van der Waals surface area (Å²) in [7, 11) is 0. The number of nitrogens with one attached hydrogen (secondary N) is 1. The van der Waals surface area contributed by atoms with E-state index in [9.17, 15) is 0 Å². The zero-order valence-corrected chi connectivity index (χ0v) is 11.5. The number of ether oxygens (including phenoxy) is 2. The van der Waals surface area contributed by atoms with E-state index in [0.717, 1.165) is 32.8 Å². The van der Waals surface area contributed by atoms with Gasteiger partial charge in [-0.25, -0.2) is 0 Å². The van der Waals surface area contributed by atoms with Crippen molar-refractivity contribution in [3.05, 3.63) is 11.7 Å². The lowest BCUT2D eigenvalue weighted by Gasteiger charge is -2.33. The van der Waals surface area contributed by atoms with E-state index in [2.05, 4.69) is 20.4 Å². The van der Waals surface area contributed by atoms with E-state index in [4.69, 9.17) is 14.0 Å². The maximum absolute atomic E-state index is 5.90. The van der Waals surface area contributed by atoms with Crippen LogP contribution in [0.25, 0.3) is 0 Å². The molecule has 0 radical (unpaired) electrons. The number of aromatic nitrogens is 2. The average molecular weight is 280 g/mol. The summed E-state index contributed by atoms with van der Waals surface area (Å²) < 4.78 is 16.7. The Balaban J connectivity index is 1.44. The molecule has 0 aromatic carbocycles. The molecular formula is C13H20N4O3. The van der Waals surface area contributed by atoms with Crippen LogP contribution < -0.4 is 5.32 Å². The molecule has 0 spiro atoms. The Morgan fingerprint density at radius 3 is 3.20 bits per heavy atom. The molecule has 3 aliphatic heterocycles. The molecule has 7 nitrogen and oxygen atoms in total. The molecule has 4 rings (SSSR count). The van der Waals surface area contributed by atoms with E-state index in [0.29, 0.717) is 24.4 Å². The first-order chi connectivity index (χ1) is 9.90. The molecule has 1 N–H and O–H groups in total. The number of hydrogen-bond donors (Lipinski definition) is 1. The predicted octanol–water partition coefficient (Wildman–Crippen LogP) is 0.266. The van der Waals surface area contributed by atoms with E-state index < -0.39 is 0 Å². The molecule has 110 valence electrons. The summed E-state index contributed by atoms with van der Waals surface area (Å²) in [5.74, 6) is 1.27. The fraction of sp³-hybridized carbons (Fsp3) is 0.846. The average Bonchev–Trinajstić information content (AvgIpc) is 3.16. The van der Waals surface area contributed by atoms with Gasteiger partial charge in [-0.15, -0.1) is 0 Å². The molecule has 0 aliphatic carbocycles. The summed E-state index contributed by atoms with van der Waals surface area (Å²) in [5, 5.41) is 7.41. The second kappa shape index (κ2) is 5.40. The van der Waals surface area contributed by atoms with Crippen molar-refractivity contribution in [1.29, 1.82) is 0 Å². The fourth-order valence-corrected chi connectivity index (χ4v) is 3.22. The first-order valence-electron chi connectivity index (χ1n) is 7.40. The molecular weight excluding hydrogens is 260 g/mol. The molecule has 0 saturated carbocycles. The van der Waals surface area contributed by atoms with Gasteiger partial charge in [0.2, 0.25) is 11.7 Å². The molecule has 3 fully saturated rings. The maximum atomic E-state index is 5.90. The number of morpholine rings is 2. The molecule has 3 saturated heterocycles. The van der Waals surface area contributed by atoms with Gasteiger partial charge in [0.1, 0.15) is 12.1 Å². The Hall–Kier alpha value is -1.02. The van der Waals surface area contributed by atoms with Crippen molar-refractivity contribution < 1.29 is 14.0 Å². The van der Waals surface area contributed by atoms with Crippen molar-refractivity contribution in [2.75, 3.05) is 39.5 Å². The summed E-state index contributed by atoms with van der Waals surface area (Å²) in [5.41, 5.74) is 0. The van der Waals surface area contributed by atoms with E-state index in [-0.39, 0.29) is 12.1 Å². The standard InChI is InChI=1S/C13H20N4O3/c1-2-9-7-19-11(6-17(9)4-1)12-15-13(20-16-12)10-8-18-5-3-14-10/h9-11,14H,1-8H2. The topological polar surface area (TPSA) is 72.7 Å². The van der Waals surface area contributed by atoms with Gasteiger partial charge in [-0.1, -0.05) is 5.16 Å². The highest BCUT2D eigenvalue weighted by Gasteiger charge is 2.35. The zero-order valence-electron chi connectivity index (χ0n) is 11.5. The van der Waals surface area contributed by atoms with Crippen LogP contribution in [0.5, 0.6) is 0 Å². The van der Waals surface area contributed by atoms with Crippen LogP contribution in [0.1, 0.15) is 36.7 Å². The lowest BCUT2D eigenvalue weighted by atomic mass is 10.2. The minimum Gasteiger partial charge on any atom is -0.378 e. The Labute approximate surface area is 117 Å². The molecule has 3 aliphatic rings. The van der Waals surface area contributed by atoms with Crippen LogP contribution in [-0.4, -0.2) is 60.5 Å². The van der Waals surface area contributed by atoms with Crippen molar-refractivity contribution in [2.24, 2.45) is 0 Å². The highest BCUT2D eigenvalue weighted by Crippen LogP contribution is 2.29. The van der Waals surface area contributed by atoms with Gasteiger partial charge in [-0.3, -0.25) is 4.90 Å². The minimum absolute atomic E-state index is 0.00752. The summed E-state index contributed by atoms with van der Waals surface area (Å²) >= 11 is 0. The number of hydrogen-bond acceptors (Lipinski definition) is 7. The van der Waals surface area contributed by atoms with E-state index in [1.54, 1.807) is 0 Å².